The average Bonchev–Trinajstić information content (AvgIpc) is 2.58. The number of esters is 1. The van der Waals surface area contributed by atoms with Crippen LogP contribution < -0.4 is 5.32 Å². The van der Waals surface area contributed by atoms with E-state index in [1.54, 1.807) is 48.7 Å². The monoisotopic (exact) mass is 413 g/mol. The lowest BCUT2D eigenvalue weighted by atomic mass is 10.1. The highest BCUT2D eigenvalue weighted by atomic mass is 35.5. The van der Waals surface area contributed by atoms with Gasteiger partial charge in [0, 0.05) is 22.8 Å². The third-order valence-corrected chi connectivity index (χ3v) is 4.95. The van der Waals surface area contributed by atoms with E-state index in [9.17, 15) is 13.8 Å². The van der Waals surface area contributed by atoms with Crippen LogP contribution in [0.5, 0.6) is 0 Å². The van der Waals surface area contributed by atoms with Crippen LogP contribution in [-0.4, -0.2) is 28.4 Å². The van der Waals surface area contributed by atoms with Crippen molar-refractivity contribution in [3.8, 4) is 0 Å². The highest BCUT2D eigenvalue weighted by molar-refractivity contribution is 7.83. The Hall–Kier alpha value is -1.89. The minimum Gasteiger partial charge on any atom is -0.449 e. The maximum Gasteiger partial charge on any atom is 0.338 e. The lowest BCUT2D eigenvalue weighted by molar-refractivity contribution is -0.123. The van der Waals surface area contributed by atoms with E-state index in [4.69, 9.17) is 27.9 Å². The minimum atomic E-state index is -1.04. The largest absolute Gasteiger partial charge is 0.449 e. The number of ether oxygens (including phenoxy) is 1. The van der Waals surface area contributed by atoms with Gasteiger partial charge in [-0.05, 0) is 36.8 Å². The summed E-state index contributed by atoms with van der Waals surface area (Å²) >= 11 is 11.9. The zero-order valence-electron chi connectivity index (χ0n) is 14.1. The summed E-state index contributed by atoms with van der Waals surface area (Å²) in [6.07, 6.45) is 0.541. The van der Waals surface area contributed by atoms with E-state index in [-0.39, 0.29) is 10.6 Å². The number of carbonyl (C=O) groups excluding carboxylic acids is 2. The second kappa shape index (κ2) is 9.16. The van der Waals surface area contributed by atoms with Gasteiger partial charge in [0.15, 0.2) is 6.10 Å². The van der Waals surface area contributed by atoms with Crippen molar-refractivity contribution in [2.24, 2.45) is 0 Å². The van der Waals surface area contributed by atoms with Crippen molar-refractivity contribution in [2.45, 2.75) is 18.8 Å². The fourth-order valence-electron chi connectivity index (χ4n) is 2.14. The second-order valence-corrected chi connectivity index (χ2v) is 7.78. The maximum absolute atomic E-state index is 12.2. The predicted molar refractivity (Wildman–Crippen MR) is 104 cm³/mol. The molecular weight excluding hydrogens is 397 g/mol. The molecule has 26 heavy (non-hydrogen) atoms. The van der Waals surface area contributed by atoms with Crippen LogP contribution in [0.4, 0.5) is 5.69 Å². The van der Waals surface area contributed by atoms with Crippen molar-refractivity contribution in [2.75, 3.05) is 11.6 Å². The van der Waals surface area contributed by atoms with Gasteiger partial charge in [0.1, 0.15) is 0 Å². The number of amides is 1. The third-order valence-electron chi connectivity index (χ3n) is 3.40. The summed E-state index contributed by atoms with van der Waals surface area (Å²) in [6, 6.07) is 11.5. The van der Waals surface area contributed by atoms with Crippen molar-refractivity contribution < 1.29 is 18.5 Å². The number of carbonyl (C=O) groups is 2. The van der Waals surface area contributed by atoms with Gasteiger partial charge in [-0.3, -0.25) is 9.00 Å². The van der Waals surface area contributed by atoms with Crippen LogP contribution in [-0.2, 0) is 26.1 Å². The molecule has 2 rings (SSSR count). The molecule has 0 bridgehead atoms. The summed E-state index contributed by atoms with van der Waals surface area (Å²) in [5.74, 6) is -0.841. The molecule has 0 aliphatic heterocycles. The Morgan fingerprint density at radius 3 is 2.58 bits per heavy atom. The Labute approximate surface area is 164 Å². The zero-order chi connectivity index (χ0) is 19.3. The fourth-order valence-corrected chi connectivity index (χ4v) is 3.14. The molecule has 0 radical (unpaired) electrons. The molecule has 2 atom stereocenters. The number of benzene rings is 2. The standard InChI is InChI=1S/C18H17Cl2NO4S/c1-11(17(22)21-15-8-4-7-14(19)16(15)20)25-18(23)13-6-3-5-12(9-13)10-26(2)24/h3-9,11H,10H2,1-2H3,(H,21,22). The van der Waals surface area contributed by atoms with E-state index in [2.05, 4.69) is 5.32 Å². The highest BCUT2D eigenvalue weighted by Gasteiger charge is 2.20. The quantitative estimate of drug-likeness (QED) is 0.724. The summed E-state index contributed by atoms with van der Waals surface area (Å²) in [6.45, 7) is 1.45. The number of rotatable bonds is 6. The highest BCUT2D eigenvalue weighted by Crippen LogP contribution is 2.29. The van der Waals surface area contributed by atoms with Gasteiger partial charge in [-0.1, -0.05) is 41.4 Å². The van der Waals surface area contributed by atoms with Crippen LogP contribution in [0.25, 0.3) is 0 Å². The fraction of sp³-hybridized carbons (Fsp3) is 0.222. The van der Waals surface area contributed by atoms with Crippen LogP contribution in [0.15, 0.2) is 42.5 Å². The van der Waals surface area contributed by atoms with Gasteiger partial charge < -0.3 is 10.1 Å². The normalized spacial score (nSPS) is 12.9. The first kappa shape index (κ1) is 20.4. The zero-order valence-corrected chi connectivity index (χ0v) is 16.5. The second-order valence-electron chi connectivity index (χ2n) is 5.56. The molecule has 0 aromatic heterocycles. The molecule has 1 amide bonds. The Kier molecular flexibility index (Phi) is 7.20. The molecule has 1 N–H and O–H groups in total. The number of hydrogen-bond donors (Lipinski definition) is 1. The first-order valence-corrected chi connectivity index (χ1v) is 10.1. The van der Waals surface area contributed by atoms with Crippen LogP contribution in [0.2, 0.25) is 10.0 Å². The van der Waals surface area contributed by atoms with Gasteiger partial charge in [0.2, 0.25) is 0 Å². The van der Waals surface area contributed by atoms with E-state index in [0.717, 1.165) is 5.56 Å². The Morgan fingerprint density at radius 2 is 1.88 bits per heavy atom. The van der Waals surface area contributed by atoms with Crippen molar-refractivity contribution >= 4 is 51.6 Å². The van der Waals surface area contributed by atoms with Crippen molar-refractivity contribution in [3.63, 3.8) is 0 Å². The van der Waals surface area contributed by atoms with Crippen LogP contribution in [0.3, 0.4) is 0 Å². The van der Waals surface area contributed by atoms with Crippen LogP contribution in [0.1, 0.15) is 22.8 Å². The molecule has 0 aliphatic rings. The molecular formula is C18H17Cl2NO4S. The first-order valence-electron chi connectivity index (χ1n) is 7.62. The Morgan fingerprint density at radius 1 is 1.19 bits per heavy atom. The number of halogens is 2. The lowest BCUT2D eigenvalue weighted by Crippen LogP contribution is -2.30. The molecule has 0 aliphatic carbocycles. The van der Waals surface area contributed by atoms with E-state index < -0.39 is 28.8 Å². The molecule has 5 nitrogen and oxygen atoms in total. The molecule has 2 aromatic carbocycles. The van der Waals surface area contributed by atoms with Gasteiger partial charge in [-0.15, -0.1) is 0 Å². The molecule has 2 aromatic rings. The summed E-state index contributed by atoms with van der Waals surface area (Å²) < 4.78 is 16.5. The third kappa shape index (κ3) is 5.56. The molecule has 8 heteroatoms. The van der Waals surface area contributed by atoms with Crippen molar-refractivity contribution in [1.29, 1.82) is 0 Å². The van der Waals surface area contributed by atoms with Crippen LogP contribution >= 0.6 is 23.2 Å². The summed E-state index contributed by atoms with van der Waals surface area (Å²) in [5, 5.41) is 3.09. The molecule has 0 saturated heterocycles. The first-order chi connectivity index (χ1) is 12.3. The van der Waals surface area contributed by atoms with Gasteiger partial charge in [-0.25, -0.2) is 4.79 Å². The minimum absolute atomic E-state index is 0.210. The molecule has 0 spiro atoms. The number of hydrogen-bond acceptors (Lipinski definition) is 4. The van der Waals surface area contributed by atoms with E-state index in [1.165, 1.54) is 6.92 Å². The van der Waals surface area contributed by atoms with Crippen molar-refractivity contribution in [3.05, 3.63) is 63.6 Å². The molecule has 2 unspecified atom stereocenters. The van der Waals surface area contributed by atoms with Crippen LogP contribution in [0, 0.1) is 0 Å². The maximum atomic E-state index is 12.2. The molecule has 138 valence electrons. The number of nitrogens with one attached hydrogen (secondary N) is 1. The van der Waals surface area contributed by atoms with E-state index in [1.807, 2.05) is 0 Å². The van der Waals surface area contributed by atoms with Gasteiger partial charge >= 0.3 is 5.97 Å². The topological polar surface area (TPSA) is 72.5 Å². The molecule has 0 heterocycles. The average molecular weight is 414 g/mol. The summed E-state index contributed by atoms with van der Waals surface area (Å²) in [7, 11) is -1.02. The SMILES string of the molecule is CC(OC(=O)c1cccc(CS(C)=O)c1)C(=O)Nc1cccc(Cl)c1Cl. The molecule has 0 fully saturated rings. The number of anilines is 1. The van der Waals surface area contributed by atoms with Gasteiger partial charge in [0.05, 0.1) is 21.3 Å². The van der Waals surface area contributed by atoms with Gasteiger partial charge in [-0.2, -0.15) is 0 Å². The molecule has 0 saturated carbocycles. The summed E-state index contributed by atoms with van der Waals surface area (Å²) in [4.78, 5) is 24.5. The lowest BCUT2D eigenvalue weighted by Gasteiger charge is -2.15. The predicted octanol–water partition coefficient (Wildman–Crippen LogP) is 4.06. The Balaban J connectivity index is 2.03. The van der Waals surface area contributed by atoms with Gasteiger partial charge in [0.25, 0.3) is 5.91 Å². The summed E-state index contributed by atoms with van der Waals surface area (Å²) in [5.41, 5.74) is 1.37. The van der Waals surface area contributed by atoms with E-state index >= 15 is 0 Å². The smallest absolute Gasteiger partial charge is 0.338 e. The Bertz CT molecular complexity index is 857. The van der Waals surface area contributed by atoms with Crippen molar-refractivity contribution in [1.82, 2.24) is 0 Å². The van der Waals surface area contributed by atoms with E-state index in [0.29, 0.717) is 16.5 Å².